The highest BCUT2D eigenvalue weighted by molar-refractivity contribution is 9.10. The van der Waals surface area contributed by atoms with Crippen LogP contribution in [0.4, 0.5) is 4.79 Å². The zero-order valence-corrected chi connectivity index (χ0v) is 14.8. The molecular weight excluding hydrogens is 348 g/mol. The number of hydrogen-bond acceptors (Lipinski definition) is 3. The Balaban J connectivity index is 2.60. The van der Waals surface area contributed by atoms with Gasteiger partial charge >= 0.3 is 6.09 Å². The van der Waals surface area contributed by atoms with Gasteiger partial charge in [-0.1, -0.05) is 26.0 Å². The number of ether oxygens (including phenoxy) is 1. The topological polar surface area (TPSA) is 67.4 Å². The van der Waals surface area contributed by atoms with Gasteiger partial charge in [0.15, 0.2) is 0 Å². The van der Waals surface area contributed by atoms with Crippen molar-refractivity contribution >= 4 is 27.9 Å². The molecule has 2 N–H and O–H groups in total. The lowest BCUT2D eigenvalue weighted by Crippen LogP contribution is -2.44. The Kier molecular flexibility index (Phi) is 7.95. The van der Waals surface area contributed by atoms with E-state index < -0.39 is 6.09 Å². The predicted molar refractivity (Wildman–Crippen MR) is 89.9 cm³/mol. The summed E-state index contributed by atoms with van der Waals surface area (Å²) in [7, 11) is 0. The molecule has 1 atom stereocenters. The molecule has 0 saturated carbocycles. The van der Waals surface area contributed by atoms with Gasteiger partial charge in [0, 0.05) is 17.1 Å². The first-order valence-electron chi connectivity index (χ1n) is 7.40. The summed E-state index contributed by atoms with van der Waals surface area (Å²) < 4.78 is 5.64. The summed E-state index contributed by atoms with van der Waals surface area (Å²) in [5.41, 5.74) is 0.571. The lowest BCUT2D eigenvalue weighted by Gasteiger charge is -2.21. The maximum Gasteiger partial charge on any atom is 0.407 e. The fraction of sp³-hybridized carbons (Fsp3) is 0.500. The molecule has 0 saturated heterocycles. The largest absolute Gasteiger partial charge is 0.450 e. The van der Waals surface area contributed by atoms with Crippen LogP contribution in [0.2, 0.25) is 0 Å². The van der Waals surface area contributed by atoms with E-state index in [2.05, 4.69) is 40.4 Å². The molecule has 0 aliphatic carbocycles. The lowest BCUT2D eigenvalue weighted by atomic mass is 10.0. The molecule has 22 heavy (non-hydrogen) atoms. The van der Waals surface area contributed by atoms with Crippen molar-refractivity contribution in [3.8, 4) is 0 Å². The van der Waals surface area contributed by atoms with Gasteiger partial charge in [-0.3, -0.25) is 4.79 Å². The summed E-state index contributed by atoms with van der Waals surface area (Å²) >= 11 is 3.35. The predicted octanol–water partition coefficient (Wildman–Crippen LogP) is 3.34. The first-order chi connectivity index (χ1) is 10.4. The molecule has 0 radical (unpaired) electrons. The first kappa shape index (κ1) is 18.5. The van der Waals surface area contributed by atoms with E-state index in [9.17, 15) is 9.59 Å². The molecule has 0 spiro atoms. The van der Waals surface area contributed by atoms with Crippen LogP contribution in [0.15, 0.2) is 28.7 Å². The second-order valence-electron chi connectivity index (χ2n) is 5.38. The van der Waals surface area contributed by atoms with Gasteiger partial charge in [-0.05, 0) is 47.3 Å². The number of halogens is 1. The van der Waals surface area contributed by atoms with E-state index in [-0.39, 0.29) is 11.9 Å². The summed E-state index contributed by atoms with van der Waals surface area (Å²) in [4.78, 5) is 23.7. The molecule has 0 heterocycles. The molecule has 6 heteroatoms. The Bertz CT molecular complexity index is 506. The maximum absolute atomic E-state index is 12.2. The average molecular weight is 371 g/mol. The van der Waals surface area contributed by atoms with Gasteiger partial charge in [-0.2, -0.15) is 0 Å². The SMILES string of the molecule is CCOC(=O)NC(CNC(=O)c1ccccc1Br)CC(C)C. The number of hydrogen-bond donors (Lipinski definition) is 2. The minimum Gasteiger partial charge on any atom is -0.450 e. The fourth-order valence-corrected chi connectivity index (χ4v) is 2.52. The van der Waals surface area contributed by atoms with Crippen LogP contribution in [0.3, 0.4) is 0 Å². The Hall–Kier alpha value is -1.56. The molecule has 5 nitrogen and oxygen atoms in total. The summed E-state index contributed by atoms with van der Waals surface area (Å²) in [5, 5.41) is 5.64. The van der Waals surface area contributed by atoms with Crippen LogP contribution < -0.4 is 10.6 Å². The molecule has 1 aromatic carbocycles. The molecule has 1 aromatic rings. The standard InChI is InChI=1S/C16H23BrN2O3/c1-4-22-16(21)19-12(9-11(2)3)10-18-15(20)13-7-5-6-8-14(13)17/h5-8,11-12H,4,9-10H2,1-3H3,(H,18,20)(H,19,21). The van der Waals surface area contributed by atoms with Gasteiger partial charge < -0.3 is 15.4 Å². The van der Waals surface area contributed by atoms with Crippen LogP contribution in [0, 0.1) is 5.92 Å². The number of nitrogens with one attached hydrogen (secondary N) is 2. The number of alkyl carbamates (subject to hydrolysis) is 1. The van der Waals surface area contributed by atoms with Gasteiger partial charge in [0.1, 0.15) is 0 Å². The molecule has 1 unspecified atom stereocenters. The van der Waals surface area contributed by atoms with E-state index in [1.165, 1.54) is 0 Å². The third kappa shape index (κ3) is 6.47. The molecule has 0 fully saturated rings. The van der Waals surface area contributed by atoms with Crippen molar-refractivity contribution in [2.45, 2.75) is 33.2 Å². The molecule has 0 aliphatic heterocycles. The van der Waals surface area contributed by atoms with Crippen LogP contribution in [0.5, 0.6) is 0 Å². The maximum atomic E-state index is 12.2. The van der Waals surface area contributed by atoms with E-state index in [4.69, 9.17) is 4.74 Å². The molecule has 0 aromatic heterocycles. The van der Waals surface area contributed by atoms with Gasteiger partial charge in [-0.15, -0.1) is 0 Å². The van der Waals surface area contributed by atoms with Crippen molar-refractivity contribution in [2.24, 2.45) is 5.92 Å². The van der Waals surface area contributed by atoms with Gasteiger partial charge in [-0.25, -0.2) is 4.79 Å². The average Bonchev–Trinajstić information content (AvgIpc) is 2.44. The number of benzene rings is 1. The monoisotopic (exact) mass is 370 g/mol. The lowest BCUT2D eigenvalue weighted by molar-refractivity contribution is 0.0943. The number of rotatable bonds is 7. The molecule has 1 rings (SSSR count). The van der Waals surface area contributed by atoms with E-state index in [0.717, 1.165) is 10.9 Å². The summed E-state index contributed by atoms with van der Waals surface area (Å²) in [6.07, 6.45) is 0.304. The fourth-order valence-electron chi connectivity index (χ4n) is 2.06. The smallest absolute Gasteiger partial charge is 0.407 e. The zero-order valence-electron chi connectivity index (χ0n) is 13.2. The van der Waals surface area contributed by atoms with Crippen LogP contribution in [-0.4, -0.2) is 31.2 Å². The van der Waals surface area contributed by atoms with Crippen LogP contribution in [0.25, 0.3) is 0 Å². The third-order valence-electron chi connectivity index (χ3n) is 2.98. The van der Waals surface area contributed by atoms with Crippen molar-refractivity contribution in [1.29, 1.82) is 0 Å². The minimum atomic E-state index is -0.455. The van der Waals surface area contributed by atoms with Gasteiger partial charge in [0.05, 0.1) is 12.2 Å². The Labute approximate surface area is 139 Å². The number of carbonyl (C=O) groups excluding carboxylic acids is 2. The second kappa shape index (κ2) is 9.46. The van der Waals surface area contributed by atoms with E-state index in [1.807, 2.05) is 18.2 Å². The van der Waals surface area contributed by atoms with Crippen molar-refractivity contribution in [1.82, 2.24) is 10.6 Å². The molecule has 2 amide bonds. The zero-order chi connectivity index (χ0) is 16.5. The minimum absolute atomic E-state index is 0.162. The second-order valence-corrected chi connectivity index (χ2v) is 6.24. The highest BCUT2D eigenvalue weighted by Crippen LogP contribution is 2.15. The van der Waals surface area contributed by atoms with Crippen molar-refractivity contribution in [2.75, 3.05) is 13.2 Å². The van der Waals surface area contributed by atoms with E-state index in [1.54, 1.807) is 13.0 Å². The molecule has 0 aliphatic rings. The summed E-state index contributed by atoms with van der Waals surface area (Å²) in [6, 6.07) is 7.06. The van der Waals surface area contributed by atoms with E-state index in [0.29, 0.717) is 24.6 Å². The van der Waals surface area contributed by atoms with Crippen molar-refractivity contribution in [3.63, 3.8) is 0 Å². The number of amides is 2. The summed E-state index contributed by atoms with van der Waals surface area (Å²) in [6.45, 7) is 6.57. The quantitative estimate of drug-likeness (QED) is 0.773. The van der Waals surface area contributed by atoms with Crippen molar-refractivity contribution < 1.29 is 14.3 Å². The Morgan fingerprint density at radius 1 is 1.27 bits per heavy atom. The summed E-state index contributed by atoms with van der Waals surface area (Å²) in [5.74, 6) is 0.221. The van der Waals surface area contributed by atoms with Gasteiger partial charge in [0.2, 0.25) is 0 Å². The third-order valence-corrected chi connectivity index (χ3v) is 3.67. The Morgan fingerprint density at radius 2 is 1.95 bits per heavy atom. The van der Waals surface area contributed by atoms with Crippen LogP contribution in [0.1, 0.15) is 37.6 Å². The molecular formula is C16H23BrN2O3. The molecule has 0 bridgehead atoms. The Morgan fingerprint density at radius 3 is 2.55 bits per heavy atom. The van der Waals surface area contributed by atoms with Crippen LogP contribution >= 0.6 is 15.9 Å². The first-order valence-corrected chi connectivity index (χ1v) is 8.19. The molecule has 122 valence electrons. The van der Waals surface area contributed by atoms with Crippen LogP contribution in [-0.2, 0) is 4.74 Å². The highest BCUT2D eigenvalue weighted by atomic mass is 79.9. The number of carbonyl (C=O) groups is 2. The van der Waals surface area contributed by atoms with E-state index >= 15 is 0 Å². The van der Waals surface area contributed by atoms with Crippen molar-refractivity contribution in [3.05, 3.63) is 34.3 Å². The highest BCUT2D eigenvalue weighted by Gasteiger charge is 2.17. The normalized spacial score (nSPS) is 11.9. The van der Waals surface area contributed by atoms with Gasteiger partial charge in [0.25, 0.3) is 5.91 Å².